The fraction of sp³-hybridized carbons (Fsp3) is 0.400. The molecular formula is C15H15F2N3O3S. The molecule has 3 rings (SSSR count). The van der Waals surface area contributed by atoms with Gasteiger partial charge in [0, 0.05) is 18.1 Å². The summed E-state index contributed by atoms with van der Waals surface area (Å²) in [6.45, 7) is 1.07. The zero-order valence-corrected chi connectivity index (χ0v) is 13.4. The Morgan fingerprint density at radius 1 is 1.46 bits per heavy atom. The van der Waals surface area contributed by atoms with Crippen LogP contribution in [0.15, 0.2) is 23.2 Å². The van der Waals surface area contributed by atoms with Crippen LogP contribution in [-0.2, 0) is 16.1 Å². The van der Waals surface area contributed by atoms with Gasteiger partial charge in [-0.3, -0.25) is 4.79 Å². The van der Waals surface area contributed by atoms with Gasteiger partial charge in [-0.15, -0.1) is 11.3 Å². The number of pyridine rings is 1. The average molecular weight is 355 g/mol. The molecule has 2 aromatic rings. The third-order valence-electron chi connectivity index (χ3n) is 3.57. The smallest absolute Gasteiger partial charge is 0.273 e. The maximum atomic E-state index is 13.7. The number of nitrogens with zero attached hydrogens (tertiary/aromatic N) is 2. The van der Waals surface area contributed by atoms with Crippen LogP contribution in [-0.4, -0.2) is 41.2 Å². The number of ether oxygens (including phenoxy) is 2. The van der Waals surface area contributed by atoms with Crippen molar-refractivity contribution in [1.29, 1.82) is 0 Å². The van der Waals surface area contributed by atoms with E-state index in [1.165, 1.54) is 11.3 Å². The molecule has 0 aliphatic carbocycles. The number of hydrogen-bond donors (Lipinski definition) is 1. The molecule has 2 atom stereocenters. The number of aromatic nitrogens is 2. The number of carbonyl (C=O) groups excluding carboxylic acids is 1. The Morgan fingerprint density at radius 3 is 3.08 bits per heavy atom. The fourth-order valence-electron chi connectivity index (χ4n) is 2.36. The summed E-state index contributed by atoms with van der Waals surface area (Å²) in [7, 11) is 0. The van der Waals surface area contributed by atoms with E-state index >= 15 is 0 Å². The van der Waals surface area contributed by atoms with Crippen LogP contribution in [0.2, 0.25) is 0 Å². The van der Waals surface area contributed by atoms with Crippen molar-refractivity contribution < 1.29 is 23.0 Å². The highest BCUT2D eigenvalue weighted by Crippen LogP contribution is 2.15. The second-order valence-corrected chi connectivity index (χ2v) is 5.98. The Labute approximate surface area is 140 Å². The molecule has 2 aromatic heterocycles. The summed E-state index contributed by atoms with van der Waals surface area (Å²) in [5.41, 5.74) is 2.06. The summed E-state index contributed by atoms with van der Waals surface area (Å²) in [5, 5.41) is 4.56. The second kappa shape index (κ2) is 7.73. The first-order chi connectivity index (χ1) is 11.6. The van der Waals surface area contributed by atoms with E-state index in [9.17, 15) is 13.6 Å². The Balaban J connectivity index is 1.63. The van der Waals surface area contributed by atoms with Crippen LogP contribution in [0, 0.1) is 11.6 Å². The maximum absolute atomic E-state index is 13.7. The van der Waals surface area contributed by atoms with Crippen LogP contribution in [0.4, 0.5) is 8.78 Å². The first kappa shape index (κ1) is 16.9. The van der Waals surface area contributed by atoms with E-state index in [1.807, 2.05) is 5.38 Å². The summed E-state index contributed by atoms with van der Waals surface area (Å²) in [5.74, 6) is -2.54. The third-order valence-corrected chi connectivity index (χ3v) is 4.21. The van der Waals surface area contributed by atoms with Crippen LogP contribution in [0.5, 0.6) is 0 Å². The maximum Gasteiger partial charge on any atom is 0.273 e. The summed E-state index contributed by atoms with van der Waals surface area (Å²) in [6.07, 6.45) is 0.946. The first-order valence-electron chi connectivity index (χ1n) is 7.32. The van der Waals surface area contributed by atoms with Crippen molar-refractivity contribution in [3.05, 3.63) is 46.2 Å². The molecule has 1 aliphatic heterocycles. The number of amides is 1. The topological polar surface area (TPSA) is 73.3 Å². The monoisotopic (exact) mass is 355 g/mol. The van der Waals surface area contributed by atoms with Gasteiger partial charge in [0.25, 0.3) is 5.91 Å². The Morgan fingerprint density at radius 2 is 2.33 bits per heavy atom. The SMILES string of the molecule is O=C(N[C@@H]1CCOC[C@H]1OCc1cscn1)c1ncc(F)cc1F. The van der Waals surface area contributed by atoms with Gasteiger partial charge in [0.05, 0.1) is 36.7 Å². The molecule has 1 amide bonds. The lowest BCUT2D eigenvalue weighted by molar-refractivity contribution is -0.0742. The molecule has 0 unspecified atom stereocenters. The normalized spacial score (nSPS) is 20.8. The number of rotatable bonds is 5. The largest absolute Gasteiger partial charge is 0.379 e. The van der Waals surface area contributed by atoms with Crippen molar-refractivity contribution in [3.8, 4) is 0 Å². The highest BCUT2D eigenvalue weighted by Gasteiger charge is 2.29. The molecule has 1 saturated heterocycles. The Hall–Kier alpha value is -1.97. The van der Waals surface area contributed by atoms with Crippen LogP contribution in [0.25, 0.3) is 0 Å². The molecule has 1 aliphatic rings. The van der Waals surface area contributed by atoms with Gasteiger partial charge >= 0.3 is 0 Å². The summed E-state index contributed by atoms with van der Waals surface area (Å²) < 4.78 is 37.7. The molecule has 24 heavy (non-hydrogen) atoms. The van der Waals surface area contributed by atoms with E-state index in [-0.39, 0.29) is 12.1 Å². The van der Waals surface area contributed by atoms with E-state index in [0.717, 1.165) is 11.9 Å². The van der Waals surface area contributed by atoms with Crippen molar-refractivity contribution in [2.75, 3.05) is 13.2 Å². The van der Waals surface area contributed by atoms with Crippen LogP contribution < -0.4 is 5.32 Å². The molecule has 0 saturated carbocycles. The molecule has 1 fully saturated rings. The van der Waals surface area contributed by atoms with Crippen LogP contribution in [0.3, 0.4) is 0 Å². The number of halogens is 2. The van der Waals surface area contributed by atoms with E-state index in [2.05, 4.69) is 15.3 Å². The lowest BCUT2D eigenvalue weighted by Crippen LogP contribution is -2.50. The minimum Gasteiger partial charge on any atom is -0.379 e. The van der Waals surface area contributed by atoms with Crippen LogP contribution >= 0.6 is 11.3 Å². The van der Waals surface area contributed by atoms with E-state index in [0.29, 0.717) is 32.3 Å². The van der Waals surface area contributed by atoms with Crippen molar-refractivity contribution in [1.82, 2.24) is 15.3 Å². The number of carbonyl (C=O) groups is 1. The van der Waals surface area contributed by atoms with Crippen molar-refractivity contribution in [2.24, 2.45) is 0 Å². The van der Waals surface area contributed by atoms with Crippen molar-refractivity contribution in [3.63, 3.8) is 0 Å². The van der Waals surface area contributed by atoms with Crippen molar-refractivity contribution in [2.45, 2.75) is 25.2 Å². The summed E-state index contributed by atoms with van der Waals surface area (Å²) in [4.78, 5) is 19.8. The minimum absolute atomic E-state index is 0.299. The highest BCUT2D eigenvalue weighted by molar-refractivity contribution is 7.07. The predicted molar refractivity (Wildman–Crippen MR) is 81.5 cm³/mol. The van der Waals surface area contributed by atoms with E-state index in [4.69, 9.17) is 9.47 Å². The highest BCUT2D eigenvalue weighted by atomic mass is 32.1. The summed E-state index contributed by atoms with van der Waals surface area (Å²) in [6, 6.07) is 0.276. The number of nitrogens with one attached hydrogen (secondary N) is 1. The molecule has 9 heteroatoms. The van der Waals surface area contributed by atoms with Crippen LogP contribution in [0.1, 0.15) is 22.6 Å². The number of thiazole rings is 1. The van der Waals surface area contributed by atoms with Gasteiger partial charge in [-0.1, -0.05) is 0 Å². The molecule has 0 spiro atoms. The molecule has 128 valence electrons. The van der Waals surface area contributed by atoms with E-state index < -0.39 is 23.2 Å². The van der Waals surface area contributed by atoms with E-state index in [1.54, 1.807) is 5.51 Å². The van der Waals surface area contributed by atoms with Gasteiger partial charge in [-0.2, -0.15) is 0 Å². The zero-order chi connectivity index (χ0) is 16.9. The first-order valence-corrected chi connectivity index (χ1v) is 8.26. The quantitative estimate of drug-likeness (QED) is 0.887. The lowest BCUT2D eigenvalue weighted by atomic mass is 10.1. The third kappa shape index (κ3) is 4.11. The van der Waals surface area contributed by atoms with Crippen molar-refractivity contribution >= 4 is 17.2 Å². The molecule has 1 N–H and O–H groups in total. The second-order valence-electron chi connectivity index (χ2n) is 5.26. The Kier molecular flexibility index (Phi) is 5.44. The molecule has 6 nitrogen and oxygen atoms in total. The molecule has 3 heterocycles. The fourth-order valence-corrected chi connectivity index (χ4v) is 2.90. The van der Waals surface area contributed by atoms with Gasteiger partial charge in [0.1, 0.15) is 11.9 Å². The molecule has 0 bridgehead atoms. The van der Waals surface area contributed by atoms with Gasteiger partial charge < -0.3 is 14.8 Å². The predicted octanol–water partition coefficient (Wildman–Crippen LogP) is 1.92. The lowest BCUT2D eigenvalue weighted by Gasteiger charge is -2.31. The van der Waals surface area contributed by atoms with Gasteiger partial charge in [0.15, 0.2) is 11.5 Å². The van der Waals surface area contributed by atoms with Gasteiger partial charge in [-0.05, 0) is 6.42 Å². The minimum atomic E-state index is -1.00. The molecular weight excluding hydrogens is 340 g/mol. The molecule has 0 aromatic carbocycles. The number of hydrogen-bond acceptors (Lipinski definition) is 6. The zero-order valence-electron chi connectivity index (χ0n) is 12.6. The molecule has 0 radical (unpaired) electrons. The van der Waals surface area contributed by atoms with Gasteiger partial charge in [-0.25, -0.2) is 18.7 Å². The standard InChI is InChI=1S/C15H15F2N3O3S/c16-9-3-11(17)14(18-4-9)15(21)20-12-1-2-22-6-13(12)23-5-10-7-24-8-19-10/h3-4,7-8,12-13H,1-2,5-6H2,(H,20,21)/t12-,13-/m1/s1. The summed E-state index contributed by atoms with van der Waals surface area (Å²) >= 11 is 1.46. The average Bonchev–Trinajstić information content (AvgIpc) is 3.07. The van der Waals surface area contributed by atoms with Gasteiger partial charge in [0.2, 0.25) is 0 Å². The Bertz CT molecular complexity index is 699.